The highest BCUT2D eigenvalue weighted by atomic mass is 15.1. The summed E-state index contributed by atoms with van der Waals surface area (Å²) >= 11 is 0. The third-order valence-corrected chi connectivity index (χ3v) is 4.75. The van der Waals surface area contributed by atoms with Gasteiger partial charge < -0.3 is 10.2 Å². The largest absolute Gasteiger partial charge is 0.314 e. The molecular formula is C18H30N2. The lowest BCUT2D eigenvalue weighted by Gasteiger charge is -2.34. The summed E-state index contributed by atoms with van der Waals surface area (Å²) in [5.74, 6) is 0.857. The number of rotatable bonds is 6. The Bertz CT molecular complexity index is 394. The predicted octanol–water partition coefficient (Wildman–Crippen LogP) is 3.25. The van der Waals surface area contributed by atoms with Crippen LogP contribution >= 0.6 is 0 Å². The maximum absolute atomic E-state index is 3.73. The van der Waals surface area contributed by atoms with Gasteiger partial charge in [0.1, 0.15) is 0 Å². The number of benzene rings is 1. The van der Waals surface area contributed by atoms with Crippen LogP contribution in [0.25, 0.3) is 0 Å². The number of aryl methyl sites for hydroxylation is 1. The van der Waals surface area contributed by atoms with Gasteiger partial charge in [0.25, 0.3) is 0 Å². The molecule has 2 rings (SSSR count). The minimum atomic E-state index is 0.652. The summed E-state index contributed by atoms with van der Waals surface area (Å²) in [6.07, 6.45) is 3.85. The van der Waals surface area contributed by atoms with Crippen molar-refractivity contribution in [1.29, 1.82) is 0 Å². The maximum atomic E-state index is 3.73. The van der Waals surface area contributed by atoms with Crippen molar-refractivity contribution < 1.29 is 0 Å². The maximum Gasteiger partial charge on any atom is 0.00680 e. The second-order valence-corrected chi connectivity index (χ2v) is 6.25. The van der Waals surface area contributed by atoms with E-state index in [1.165, 1.54) is 43.6 Å². The highest BCUT2D eigenvalue weighted by Gasteiger charge is 2.22. The molecule has 1 aromatic rings. The van der Waals surface area contributed by atoms with Crippen molar-refractivity contribution in [3.05, 3.63) is 35.4 Å². The lowest BCUT2D eigenvalue weighted by atomic mass is 9.90. The third kappa shape index (κ3) is 4.60. The van der Waals surface area contributed by atoms with E-state index >= 15 is 0 Å². The summed E-state index contributed by atoms with van der Waals surface area (Å²) in [6.45, 7) is 11.7. The van der Waals surface area contributed by atoms with Crippen molar-refractivity contribution in [3.63, 3.8) is 0 Å². The number of nitrogens with zero attached hydrogens (tertiary/aromatic N) is 1. The first-order valence-electron chi connectivity index (χ1n) is 8.20. The van der Waals surface area contributed by atoms with E-state index in [9.17, 15) is 0 Å². The third-order valence-electron chi connectivity index (χ3n) is 4.75. The van der Waals surface area contributed by atoms with Crippen molar-refractivity contribution in [2.24, 2.45) is 5.92 Å². The summed E-state index contributed by atoms with van der Waals surface area (Å²) < 4.78 is 0. The monoisotopic (exact) mass is 274 g/mol. The molecule has 0 aromatic heterocycles. The molecule has 0 saturated carbocycles. The van der Waals surface area contributed by atoms with Crippen LogP contribution in [0.3, 0.4) is 0 Å². The van der Waals surface area contributed by atoms with Gasteiger partial charge in [-0.2, -0.15) is 0 Å². The molecule has 1 aliphatic heterocycles. The Morgan fingerprint density at radius 1 is 1.30 bits per heavy atom. The van der Waals surface area contributed by atoms with E-state index in [1.54, 1.807) is 0 Å². The van der Waals surface area contributed by atoms with Gasteiger partial charge in [-0.3, -0.25) is 0 Å². The second-order valence-electron chi connectivity index (χ2n) is 6.25. The first-order chi connectivity index (χ1) is 9.69. The number of hydrogen-bond donors (Lipinski definition) is 1. The number of hydrogen-bond acceptors (Lipinski definition) is 2. The molecule has 1 fully saturated rings. The van der Waals surface area contributed by atoms with Crippen LogP contribution in [0, 0.1) is 12.8 Å². The molecule has 1 unspecified atom stereocenters. The van der Waals surface area contributed by atoms with Gasteiger partial charge >= 0.3 is 0 Å². The van der Waals surface area contributed by atoms with E-state index in [0.717, 1.165) is 18.9 Å². The van der Waals surface area contributed by atoms with Crippen LogP contribution in [0.5, 0.6) is 0 Å². The molecule has 2 heteroatoms. The predicted molar refractivity (Wildman–Crippen MR) is 87.2 cm³/mol. The number of likely N-dealkylation sites (tertiary alicyclic amines) is 1. The topological polar surface area (TPSA) is 15.3 Å². The minimum Gasteiger partial charge on any atom is -0.314 e. The molecule has 0 bridgehead atoms. The van der Waals surface area contributed by atoms with E-state index in [-0.39, 0.29) is 0 Å². The summed E-state index contributed by atoms with van der Waals surface area (Å²) in [7, 11) is 0. The van der Waals surface area contributed by atoms with Crippen molar-refractivity contribution in [1.82, 2.24) is 10.2 Å². The molecule has 0 radical (unpaired) electrons. The van der Waals surface area contributed by atoms with Crippen molar-refractivity contribution >= 4 is 0 Å². The summed E-state index contributed by atoms with van der Waals surface area (Å²) in [5.41, 5.74) is 2.81. The Hall–Kier alpha value is -0.860. The van der Waals surface area contributed by atoms with E-state index in [1.807, 2.05) is 0 Å². The van der Waals surface area contributed by atoms with Crippen LogP contribution in [0.4, 0.5) is 0 Å². The zero-order valence-corrected chi connectivity index (χ0v) is 13.4. The standard InChI is InChI=1S/C18H30N2/c1-4-20-12-9-18(10-13-20)16(3)19-11-8-17-7-5-6-15(2)14-17/h5-7,14,16,18-19H,4,8-13H2,1-3H3. The lowest BCUT2D eigenvalue weighted by Crippen LogP contribution is -2.42. The SMILES string of the molecule is CCN1CCC(C(C)NCCc2cccc(C)c2)CC1. The highest BCUT2D eigenvalue weighted by molar-refractivity contribution is 5.22. The Morgan fingerprint density at radius 2 is 2.05 bits per heavy atom. The van der Waals surface area contributed by atoms with E-state index < -0.39 is 0 Å². The van der Waals surface area contributed by atoms with Crippen LogP contribution in [0.15, 0.2) is 24.3 Å². The van der Waals surface area contributed by atoms with Gasteiger partial charge in [-0.25, -0.2) is 0 Å². The van der Waals surface area contributed by atoms with Crippen LogP contribution in [-0.2, 0) is 6.42 Å². The molecule has 1 atom stereocenters. The van der Waals surface area contributed by atoms with Crippen molar-refractivity contribution in [3.8, 4) is 0 Å². The quantitative estimate of drug-likeness (QED) is 0.856. The van der Waals surface area contributed by atoms with Crippen molar-refractivity contribution in [2.75, 3.05) is 26.2 Å². The van der Waals surface area contributed by atoms with Crippen molar-refractivity contribution in [2.45, 2.75) is 46.1 Å². The first kappa shape index (κ1) is 15.5. The Labute approximate surface area is 124 Å². The van der Waals surface area contributed by atoms with E-state index in [4.69, 9.17) is 0 Å². The van der Waals surface area contributed by atoms with Crippen LogP contribution in [0.2, 0.25) is 0 Å². The number of piperidine rings is 1. The highest BCUT2D eigenvalue weighted by Crippen LogP contribution is 2.20. The molecule has 1 aliphatic rings. The van der Waals surface area contributed by atoms with E-state index in [2.05, 4.69) is 55.3 Å². The fourth-order valence-electron chi connectivity index (χ4n) is 3.25. The molecule has 20 heavy (non-hydrogen) atoms. The zero-order valence-electron chi connectivity index (χ0n) is 13.4. The fraction of sp³-hybridized carbons (Fsp3) is 0.667. The molecule has 0 amide bonds. The first-order valence-corrected chi connectivity index (χ1v) is 8.20. The van der Waals surface area contributed by atoms with Gasteiger partial charge in [0, 0.05) is 6.04 Å². The molecular weight excluding hydrogens is 244 g/mol. The molecule has 1 heterocycles. The molecule has 0 aliphatic carbocycles. The van der Waals surface area contributed by atoms with Crippen LogP contribution in [0.1, 0.15) is 37.8 Å². The van der Waals surface area contributed by atoms with Crippen LogP contribution in [-0.4, -0.2) is 37.1 Å². The average molecular weight is 274 g/mol. The molecule has 1 N–H and O–H groups in total. The molecule has 0 spiro atoms. The van der Waals surface area contributed by atoms with Gasteiger partial charge in [-0.1, -0.05) is 36.8 Å². The zero-order chi connectivity index (χ0) is 14.4. The summed E-state index contributed by atoms with van der Waals surface area (Å²) in [5, 5.41) is 3.73. The van der Waals surface area contributed by atoms with Gasteiger partial charge in [0.05, 0.1) is 0 Å². The van der Waals surface area contributed by atoms with E-state index in [0.29, 0.717) is 6.04 Å². The average Bonchev–Trinajstić information content (AvgIpc) is 2.47. The lowest BCUT2D eigenvalue weighted by molar-refractivity contribution is 0.169. The molecule has 1 aromatic carbocycles. The Kier molecular flexibility index (Phi) is 6.06. The molecule has 112 valence electrons. The molecule has 1 saturated heterocycles. The summed E-state index contributed by atoms with van der Waals surface area (Å²) in [6, 6.07) is 9.51. The van der Waals surface area contributed by atoms with Gasteiger partial charge in [0.2, 0.25) is 0 Å². The second kappa shape index (κ2) is 7.80. The van der Waals surface area contributed by atoms with Gasteiger partial charge in [-0.15, -0.1) is 0 Å². The Balaban J connectivity index is 1.69. The van der Waals surface area contributed by atoms with Gasteiger partial charge in [0.15, 0.2) is 0 Å². The smallest absolute Gasteiger partial charge is 0.00680 e. The number of nitrogens with one attached hydrogen (secondary N) is 1. The molecule has 2 nitrogen and oxygen atoms in total. The fourth-order valence-corrected chi connectivity index (χ4v) is 3.25. The van der Waals surface area contributed by atoms with Crippen LogP contribution < -0.4 is 5.32 Å². The van der Waals surface area contributed by atoms with Gasteiger partial charge in [-0.05, 0) is 70.8 Å². The normalized spacial score (nSPS) is 19.1. The minimum absolute atomic E-state index is 0.652. The Morgan fingerprint density at radius 3 is 2.70 bits per heavy atom. The summed E-state index contributed by atoms with van der Waals surface area (Å²) in [4.78, 5) is 2.57.